The van der Waals surface area contributed by atoms with E-state index in [0.29, 0.717) is 19.3 Å². The number of benzene rings is 1. The SMILES string of the molecule is CC(C)Oc1ccc(C(O)CCCC(N)=O)cc1. The molecule has 1 atom stereocenters. The third-order valence-electron chi connectivity index (χ3n) is 2.54. The molecule has 0 saturated heterocycles. The van der Waals surface area contributed by atoms with Gasteiger partial charge in [0.15, 0.2) is 0 Å². The minimum absolute atomic E-state index is 0.136. The topological polar surface area (TPSA) is 72.6 Å². The van der Waals surface area contributed by atoms with Crippen LogP contribution in [-0.2, 0) is 4.79 Å². The van der Waals surface area contributed by atoms with Crippen LogP contribution in [0.25, 0.3) is 0 Å². The third-order valence-corrected chi connectivity index (χ3v) is 2.54. The normalized spacial score (nSPS) is 12.4. The first-order chi connectivity index (χ1) is 8.49. The van der Waals surface area contributed by atoms with E-state index < -0.39 is 6.10 Å². The summed E-state index contributed by atoms with van der Waals surface area (Å²) in [6.45, 7) is 3.93. The molecule has 0 fully saturated rings. The lowest BCUT2D eigenvalue weighted by atomic mass is 10.0. The predicted octanol–water partition coefficient (Wildman–Crippen LogP) is 2.16. The lowest BCUT2D eigenvalue weighted by molar-refractivity contribution is -0.118. The van der Waals surface area contributed by atoms with Gasteiger partial charge in [0.1, 0.15) is 5.75 Å². The van der Waals surface area contributed by atoms with Crippen molar-refractivity contribution >= 4 is 5.91 Å². The number of carbonyl (C=O) groups is 1. The minimum atomic E-state index is -0.558. The molecule has 4 heteroatoms. The fraction of sp³-hybridized carbons (Fsp3) is 0.500. The van der Waals surface area contributed by atoms with Gasteiger partial charge in [0.25, 0.3) is 0 Å². The number of hydrogen-bond donors (Lipinski definition) is 2. The summed E-state index contributed by atoms with van der Waals surface area (Å²) >= 11 is 0. The van der Waals surface area contributed by atoms with Gasteiger partial charge in [-0.3, -0.25) is 4.79 Å². The van der Waals surface area contributed by atoms with Gasteiger partial charge in [0, 0.05) is 6.42 Å². The van der Waals surface area contributed by atoms with E-state index in [1.165, 1.54) is 0 Å². The number of ether oxygens (including phenoxy) is 1. The Morgan fingerprint density at radius 1 is 1.33 bits per heavy atom. The number of primary amides is 1. The molecule has 1 aromatic carbocycles. The van der Waals surface area contributed by atoms with Crippen molar-refractivity contribution in [2.45, 2.75) is 45.3 Å². The number of carbonyl (C=O) groups excluding carboxylic acids is 1. The fourth-order valence-corrected chi connectivity index (χ4v) is 1.68. The molecule has 18 heavy (non-hydrogen) atoms. The van der Waals surface area contributed by atoms with Gasteiger partial charge in [-0.1, -0.05) is 12.1 Å². The molecule has 0 heterocycles. The van der Waals surface area contributed by atoms with Crippen molar-refractivity contribution in [3.05, 3.63) is 29.8 Å². The lowest BCUT2D eigenvalue weighted by Crippen LogP contribution is -2.10. The Labute approximate surface area is 108 Å². The average Bonchev–Trinajstić information content (AvgIpc) is 2.28. The summed E-state index contributed by atoms with van der Waals surface area (Å²) < 4.78 is 5.52. The molecule has 1 rings (SSSR count). The van der Waals surface area contributed by atoms with E-state index in [4.69, 9.17) is 10.5 Å². The summed E-state index contributed by atoms with van der Waals surface area (Å²) in [5.41, 5.74) is 5.88. The molecule has 0 radical (unpaired) electrons. The van der Waals surface area contributed by atoms with E-state index in [9.17, 15) is 9.90 Å². The van der Waals surface area contributed by atoms with Crippen molar-refractivity contribution in [2.24, 2.45) is 5.73 Å². The summed E-state index contributed by atoms with van der Waals surface area (Å²) in [6.07, 6.45) is 1.02. The standard InChI is InChI=1S/C14H21NO3/c1-10(2)18-12-8-6-11(7-9-12)13(16)4-3-5-14(15)17/h6-10,13,16H,3-5H2,1-2H3,(H2,15,17). The Morgan fingerprint density at radius 3 is 2.44 bits per heavy atom. The second kappa shape index (κ2) is 7.01. The molecule has 0 aliphatic heterocycles. The molecular formula is C14H21NO3. The van der Waals surface area contributed by atoms with Crippen LogP contribution in [0.4, 0.5) is 0 Å². The van der Waals surface area contributed by atoms with Crippen molar-refractivity contribution < 1.29 is 14.6 Å². The number of aliphatic hydroxyl groups excluding tert-OH is 1. The molecular weight excluding hydrogens is 230 g/mol. The fourth-order valence-electron chi connectivity index (χ4n) is 1.68. The van der Waals surface area contributed by atoms with Crippen molar-refractivity contribution in [3.8, 4) is 5.75 Å². The number of rotatable bonds is 7. The van der Waals surface area contributed by atoms with Gasteiger partial charge in [-0.25, -0.2) is 0 Å². The van der Waals surface area contributed by atoms with Gasteiger partial charge in [-0.2, -0.15) is 0 Å². The van der Waals surface area contributed by atoms with E-state index in [2.05, 4.69) is 0 Å². The highest BCUT2D eigenvalue weighted by Gasteiger charge is 2.08. The van der Waals surface area contributed by atoms with Crippen LogP contribution in [0.1, 0.15) is 44.8 Å². The van der Waals surface area contributed by atoms with Crippen LogP contribution in [0.2, 0.25) is 0 Å². The number of aliphatic hydroxyl groups is 1. The Hall–Kier alpha value is -1.55. The summed E-state index contributed by atoms with van der Waals surface area (Å²) in [6, 6.07) is 7.36. The van der Waals surface area contributed by atoms with Gasteiger partial charge in [-0.15, -0.1) is 0 Å². The lowest BCUT2D eigenvalue weighted by Gasteiger charge is -2.13. The van der Waals surface area contributed by atoms with Crippen LogP contribution in [0.5, 0.6) is 5.75 Å². The molecule has 0 aliphatic rings. The summed E-state index contributed by atoms with van der Waals surface area (Å²) in [5.74, 6) is 0.459. The van der Waals surface area contributed by atoms with Crippen LogP contribution in [0.15, 0.2) is 24.3 Å². The first kappa shape index (κ1) is 14.5. The molecule has 4 nitrogen and oxygen atoms in total. The van der Waals surface area contributed by atoms with Gasteiger partial charge in [-0.05, 0) is 44.4 Å². The Balaban J connectivity index is 2.48. The van der Waals surface area contributed by atoms with Crippen LogP contribution in [0, 0.1) is 0 Å². The first-order valence-corrected chi connectivity index (χ1v) is 6.22. The predicted molar refractivity (Wildman–Crippen MR) is 70.2 cm³/mol. The van der Waals surface area contributed by atoms with Crippen molar-refractivity contribution in [1.29, 1.82) is 0 Å². The molecule has 0 spiro atoms. The van der Waals surface area contributed by atoms with Gasteiger partial charge < -0.3 is 15.6 Å². The molecule has 0 saturated carbocycles. The molecule has 1 aromatic rings. The summed E-state index contributed by atoms with van der Waals surface area (Å²) in [4.78, 5) is 10.6. The average molecular weight is 251 g/mol. The highest BCUT2D eigenvalue weighted by molar-refractivity contribution is 5.73. The third kappa shape index (κ3) is 5.19. The highest BCUT2D eigenvalue weighted by atomic mass is 16.5. The Bertz CT molecular complexity index is 373. The maximum absolute atomic E-state index is 10.6. The first-order valence-electron chi connectivity index (χ1n) is 6.22. The monoisotopic (exact) mass is 251 g/mol. The second-order valence-corrected chi connectivity index (χ2v) is 4.61. The Morgan fingerprint density at radius 2 is 1.94 bits per heavy atom. The zero-order chi connectivity index (χ0) is 13.5. The maximum Gasteiger partial charge on any atom is 0.217 e. The van der Waals surface area contributed by atoms with Crippen LogP contribution >= 0.6 is 0 Å². The van der Waals surface area contributed by atoms with E-state index >= 15 is 0 Å². The molecule has 0 aromatic heterocycles. The maximum atomic E-state index is 10.6. The van der Waals surface area contributed by atoms with Crippen LogP contribution < -0.4 is 10.5 Å². The Kier molecular flexibility index (Phi) is 5.65. The zero-order valence-corrected chi connectivity index (χ0v) is 10.9. The van der Waals surface area contributed by atoms with Crippen molar-refractivity contribution in [3.63, 3.8) is 0 Å². The quantitative estimate of drug-likeness (QED) is 0.780. The van der Waals surface area contributed by atoms with Gasteiger partial charge in [0.2, 0.25) is 5.91 Å². The largest absolute Gasteiger partial charge is 0.491 e. The summed E-state index contributed by atoms with van der Waals surface area (Å²) in [7, 11) is 0. The number of hydrogen-bond acceptors (Lipinski definition) is 3. The van der Waals surface area contributed by atoms with E-state index in [1.54, 1.807) is 0 Å². The van der Waals surface area contributed by atoms with E-state index in [1.807, 2.05) is 38.1 Å². The summed E-state index contributed by atoms with van der Waals surface area (Å²) in [5, 5.41) is 9.91. The van der Waals surface area contributed by atoms with Crippen LogP contribution in [0.3, 0.4) is 0 Å². The van der Waals surface area contributed by atoms with Gasteiger partial charge in [0.05, 0.1) is 12.2 Å². The van der Waals surface area contributed by atoms with Crippen molar-refractivity contribution in [1.82, 2.24) is 0 Å². The molecule has 1 amide bonds. The molecule has 3 N–H and O–H groups in total. The molecule has 0 bridgehead atoms. The molecule has 0 aliphatic carbocycles. The van der Waals surface area contributed by atoms with E-state index in [-0.39, 0.29) is 12.0 Å². The van der Waals surface area contributed by atoms with Crippen molar-refractivity contribution in [2.75, 3.05) is 0 Å². The number of nitrogens with two attached hydrogens (primary N) is 1. The second-order valence-electron chi connectivity index (χ2n) is 4.61. The number of amides is 1. The zero-order valence-electron chi connectivity index (χ0n) is 10.9. The van der Waals surface area contributed by atoms with Gasteiger partial charge >= 0.3 is 0 Å². The molecule has 100 valence electrons. The van der Waals surface area contributed by atoms with E-state index in [0.717, 1.165) is 11.3 Å². The minimum Gasteiger partial charge on any atom is -0.491 e. The van der Waals surface area contributed by atoms with Crippen LogP contribution in [-0.4, -0.2) is 17.1 Å². The smallest absolute Gasteiger partial charge is 0.217 e. The molecule has 1 unspecified atom stereocenters. The highest BCUT2D eigenvalue weighted by Crippen LogP contribution is 2.22.